The third kappa shape index (κ3) is 3.07. The van der Waals surface area contributed by atoms with Gasteiger partial charge in [-0.2, -0.15) is 5.10 Å². The van der Waals surface area contributed by atoms with E-state index in [0.717, 1.165) is 17.1 Å². The third-order valence-corrected chi connectivity index (χ3v) is 3.17. The van der Waals surface area contributed by atoms with E-state index in [1.165, 1.54) is 7.11 Å². The van der Waals surface area contributed by atoms with Gasteiger partial charge in [0.25, 0.3) is 0 Å². The first kappa shape index (κ1) is 15.1. The molecule has 2 rings (SSSR count). The molecule has 0 saturated carbocycles. The monoisotopic (exact) mass is 288 g/mol. The zero-order valence-corrected chi connectivity index (χ0v) is 13.0. The van der Waals surface area contributed by atoms with Gasteiger partial charge in [0.1, 0.15) is 5.75 Å². The number of methoxy groups -OCH3 is 2. The van der Waals surface area contributed by atoms with Crippen molar-refractivity contribution in [3.05, 3.63) is 41.7 Å². The first-order valence-corrected chi connectivity index (χ1v) is 6.70. The van der Waals surface area contributed by atoms with Gasteiger partial charge in [-0.3, -0.25) is 0 Å². The standard InChI is InChI=1S/C16H20N2O3/c1-16(2,3)14-10-13(15(19)21-5)17-18(14)11-7-6-8-12(9-11)20-4/h6-10H,1-5H3. The molecule has 2 aromatic rings. The molecule has 112 valence electrons. The van der Waals surface area contributed by atoms with Crippen LogP contribution in [0.2, 0.25) is 0 Å². The summed E-state index contributed by atoms with van der Waals surface area (Å²) in [7, 11) is 2.97. The van der Waals surface area contributed by atoms with Crippen molar-refractivity contribution in [1.82, 2.24) is 9.78 Å². The highest BCUT2D eigenvalue weighted by Gasteiger charge is 2.24. The Balaban J connectivity index is 2.60. The third-order valence-electron chi connectivity index (χ3n) is 3.17. The van der Waals surface area contributed by atoms with Crippen LogP contribution in [0.5, 0.6) is 5.75 Å². The molecule has 0 atom stereocenters. The van der Waals surface area contributed by atoms with Crippen LogP contribution in [0.15, 0.2) is 30.3 Å². The molecule has 0 aliphatic rings. The molecule has 5 heteroatoms. The molecule has 5 nitrogen and oxygen atoms in total. The van der Waals surface area contributed by atoms with E-state index in [1.54, 1.807) is 17.9 Å². The van der Waals surface area contributed by atoms with Crippen LogP contribution in [0.25, 0.3) is 5.69 Å². The van der Waals surface area contributed by atoms with E-state index in [4.69, 9.17) is 9.47 Å². The molecule has 1 aromatic carbocycles. The maximum atomic E-state index is 11.7. The average molecular weight is 288 g/mol. The van der Waals surface area contributed by atoms with Crippen LogP contribution in [0.1, 0.15) is 37.0 Å². The minimum Gasteiger partial charge on any atom is -0.497 e. The van der Waals surface area contributed by atoms with Gasteiger partial charge < -0.3 is 9.47 Å². The van der Waals surface area contributed by atoms with Gasteiger partial charge in [-0.15, -0.1) is 0 Å². The smallest absolute Gasteiger partial charge is 0.358 e. The number of carbonyl (C=O) groups is 1. The van der Waals surface area contributed by atoms with Crippen molar-refractivity contribution < 1.29 is 14.3 Å². The molecule has 0 radical (unpaired) electrons. The second-order valence-corrected chi connectivity index (χ2v) is 5.77. The van der Waals surface area contributed by atoms with Crippen LogP contribution in [0.3, 0.4) is 0 Å². The van der Waals surface area contributed by atoms with E-state index in [0.29, 0.717) is 5.69 Å². The van der Waals surface area contributed by atoms with Gasteiger partial charge in [-0.25, -0.2) is 9.48 Å². The zero-order valence-electron chi connectivity index (χ0n) is 13.0. The highest BCUT2D eigenvalue weighted by atomic mass is 16.5. The lowest BCUT2D eigenvalue weighted by Crippen LogP contribution is -2.17. The van der Waals surface area contributed by atoms with Crippen LogP contribution in [-0.4, -0.2) is 30.0 Å². The molecule has 0 aliphatic heterocycles. The Bertz CT molecular complexity index is 654. The molecule has 0 bridgehead atoms. The molecule has 0 aliphatic carbocycles. The summed E-state index contributed by atoms with van der Waals surface area (Å²) in [5.74, 6) is 0.296. The first-order valence-electron chi connectivity index (χ1n) is 6.70. The van der Waals surface area contributed by atoms with Gasteiger partial charge in [0.2, 0.25) is 0 Å². The fraction of sp³-hybridized carbons (Fsp3) is 0.375. The summed E-state index contributed by atoms with van der Waals surface area (Å²) in [4.78, 5) is 11.7. The van der Waals surface area contributed by atoms with Crippen molar-refractivity contribution in [1.29, 1.82) is 0 Å². The summed E-state index contributed by atoms with van der Waals surface area (Å²) in [5, 5.41) is 4.38. The molecule has 0 spiro atoms. The molecular formula is C16H20N2O3. The summed E-state index contributed by atoms with van der Waals surface area (Å²) in [6, 6.07) is 9.32. The van der Waals surface area contributed by atoms with Crippen LogP contribution in [-0.2, 0) is 10.2 Å². The number of hydrogen-bond acceptors (Lipinski definition) is 4. The van der Waals surface area contributed by atoms with Gasteiger partial charge in [-0.1, -0.05) is 26.8 Å². The largest absolute Gasteiger partial charge is 0.497 e. The predicted molar refractivity (Wildman–Crippen MR) is 80.2 cm³/mol. The fourth-order valence-corrected chi connectivity index (χ4v) is 2.06. The number of nitrogens with zero attached hydrogens (tertiary/aromatic N) is 2. The number of hydrogen-bond donors (Lipinski definition) is 0. The summed E-state index contributed by atoms with van der Waals surface area (Å²) in [6.45, 7) is 6.21. The van der Waals surface area contributed by atoms with Gasteiger partial charge in [0, 0.05) is 11.5 Å². The summed E-state index contributed by atoms with van der Waals surface area (Å²) < 4.78 is 11.8. The normalized spacial score (nSPS) is 11.3. The Morgan fingerprint density at radius 2 is 1.90 bits per heavy atom. The minimum absolute atomic E-state index is 0.164. The van der Waals surface area contributed by atoms with E-state index < -0.39 is 5.97 Å². The summed E-state index contributed by atoms with van der Waals surface area (Å²) in [5.41, 5.74) is 1.90. The highest BCUT2D eigenvalue weighted by Crippen LogP contribution is 2.27. The molecule has 0 N–H and O–H groups in total. The minimum atomic E-state index is -0.442. The van der Waals surface area contributed by atoms with E-state index >= 15 is 0 Å². The lowest BCUT2D eigenvalue weighted by Gasteiger charge is -2.20. The van der Waals surface area contributed by atoms with E-state index in [2.05, 4.69) is 25.9 Å². The Hall–Kier alpha value is -2.30. The molecule has 1 aromatic heterocycles. The van der Waals surface area contributed by atoms with E-state index in [9.17, 15) is 4.79 Å². The molecule has 0 unspecified atom stereocenters. The van der Waals surface area contributed by atoms with Crippen molar-refractivity contribution in [2.45, 2.75) is 26.2 Å². The van der Waals surface area contributed by atoms with Crippen molar-refractivity contribution in [2.24, 2.45) is 0 Å². The van der Waals surface area contributed by atoms with Crippen LogP contribution in [0.4, 0.5) is 0 Å². The predicted octanol–water partition coefficient (Wildman–Crippen LogP) is 2.97. The van der Waals surface area contributed by atoms with E-state index in [-0.39, 0.29) is 5.41 Å². The maximum Gasteiger partial charge on any atom is 0.358 e. The van der Waals surface area contributed by atoms with Crippen LogP contribution < -0.4 is 4.74 Å². The number of carbonyl (C=O) groups excluding carboxylic acids is 1. The maximum absolute atomic E-state index is 11.7. The van der Waals surface area contributed by atoms with Crippen molar-refractivity contribution in [3.63, 3.8) is 0 Å². The van der Waals surface area contributed by atoms with Crippen molar-refractivity contribution in [2.75, 3.05) is 14.2 Å². The summed E-state index contributed by atoms with van der Waals surface area (Å²) >= 11 is 0. The Kier molecular flexibility index (Phi) is 4.02. The van der Waals surface area contributed by atoms with Crippen LogP contribution in [0, 0.1) is 0 Å². The number of ether oxygens (including phenoxy) is 2. The van der Waals surface area contributed by atoms with Gasteiger partial charge in [-0.05, 0) is 18.2 Å². The number of rotatable bonds is 3. The molecule has 0 saturated heterocycles. The average Bonchev–Trinajstić information content (AvgIpc) is 2.92. The number of benzene rings is 1. The van der Waals surface area contributed by atoms with Crippen molar-refractivity contribution in [3.8, 4) is 11.4 Å². The van der Waals surface area contributed by atoms with Crippen molar-refractivity contribution >= 4 is 5.97 Å². The van der Waals surface area contributed by atoms with E-state index in [1.807, 2.05) is 24.3 Å². The second kappa shape index (κ2) is 5.60. The molecule has 1 heterocycles. The molecule has 0 fully saturated rings. The van der Waals surface area contributed by atoms with Gasteiger partial charge >= 0.3 is 5.97 Å². The molecule has 0 amide bonds. The van der Waals surface area contributed by atoms with Crippen LogP contribution >= 0.6 is 0 Å². The SMILES string of the molecule is COC(=O)c1cc(C(C)(C)C)n(-c2cccc(OC)c2)n1. The molecule has 21 heavy (non-hydrogen) atoms. The highest BCUT2D eigenvalue weighted by molar-refractivity contribution is 5.87. The van der Waals surface area contributed by atoms with Gasteiger partial charge in [0.05, 0.1) is 25.6 Å². The topological polar surface area (TPSA) is 53.4 Å². The first-order chi connectivity index (χ1) is 9.86. The Morgan fingerprint density at radius 1 is 1.19 bits per heavy atom. The molecular weight excluding hydrogens is 268 g/mol. The second-order valence-electron chi connectivity index (χ2n) is 5.77. The quantitative estimate of drug-likeness (QED) is 0.815. The Labute approximate surface area is 124 Å². The van der Waals surface area contributed by atoms with Gasteiger partial charge in [0.15, 0.2) is 5.69 Å². The fourth-order valence-electron chi connectivity index (χ4n) is 2.06. The lowest BCUT2D eigenvalue weighted by atomic mass is 9.91. The summed E-state index contributed by atoms with van der Waals surface area (Å²) in [6.07, 6.45) is 0. The number of esters is 1. The Morgan fingerprint density at radius 3 is 2.48 bits per heavy atom. The number of aromatic nitrogens is 2. The lowest BCUT2D eigenvalue weighted by molar-refractivity contribution is 0.0593. The zero-order chi connectivity index (χ0) is 15.6.